The van der Waals surface area contributed by atoms with Crippen molar-refractivity contribution in [3.63, 3.8) is 0 Å². The van der Waals surface area contributed by atoms with Gasteiger partial charge in [0.1, 0.15) is 12.2 Å². The van der Waals surface area contributed by atoms with Crippen LogP contribution in [-0.2, 0) is 17.1 Å². The maximum absolute atomic E-state index is 13.2. The van der Waals surface area contributed by atoms with E-state index in [1.54, 1.807) is 0 Å². The van der Waals surface area contributed by atoms with Crippen LogP contribution in [0, 0.1) is 6.92 Å². The van der Waals surface area contributed by atoms with Crippen LogP contribution in [0.25, 0.3) is 23.2 Å². The van der Waals surface area contributed by atoms with Crippen LogP contribution in [-0.4, -0.2) is 59.8 Å². The van der Waals surface area contributed by atoms with Gasteiger partial charge in [0.15, 0.2) is 5.82 Å². The third kappa shape index (κ3) is 5.16. The van der Waals surface area contributed by atoms with E-state index < -0.39 is 46.9 Å². The van der Waals surface area contributed by atoms with Gasteiger partial charge in [0.05, 0.1) is 22.8 Å². The second-order valence-electron chi connectivity index (χ2n) is 7.76. The molecule has 3 aromatic rings. The number of aliphatic hydroxyl groups excluding tert-OH is 1. The summed E-state index contributed by atoms with van der Waals surface area (Å²) in [6.07, 6.45) is -5.55. The molecule has 0 atom stereocenters. The van der Waals surface area contributed by atoms with Crippen molar-refractivity contribution in [1.29, 1.82) is 0 Å². The minimum absolute atomic E-state index is 0.0148. The van der Waals surface area contributed by atoms with Crippen LogP contribution in [0.15, 0.2) is 36.9 Å². The average Bonchev–Trinajstić information content (AvgIpc) is 3.14. The molecule has 8 nitrogen and oxygen atoms in total. The monoisotopic (exact) mass is 498 g/mol. The van der Waals surface area contributed by atoms with Crippen LogP contribution >= 0.6 is 0 Å². The lowest BCUT2D eigenvalue weighted by Gasteiger charge is -2.36. The molecule has 1 saturated heterocycles. The number of alkyl halides is 6. The van der Waals surface area contributed by atoms with Gasteiger partial charge in [-0.3, -0.25) is 4.79 Å². The molecule has 1 aliphatic heterocycles. The first-order valence-corrected chi connectivity index (χ1v) is 10.0. The molecule has 0 saturated carbocycles. The number of benzene rings is 1. The maximum Gasteiger partial charge on any atom is 0.416 e. The third-order valence-electron chi connectivity index (χ3n) is 5.15. The van der Waals surface area contributed by atoms with Gasteiger partial charge in [-0.25, -0.2) is 19.6 Å². The number of aromatic nitrogens is 5. The zero-order valence-corrected chi connectivity index (χ0v) is 17.8. The van der Waals surface area contributed by atoms with Crippen LogP contribution in [0.5, 0.6) is 0 Å². The quantitative estimate of drug-likeness (QED) is 0.438. The van der Waals surface area contributed by atoms with Gasteiger partial charge in [0, 0.05) is 42.8 Å². The Morgan fingerprint density at radius 3 is 2.11 bits per heavy atom. The molecule has 3 heterocycles. The predicted octanol–water partition coefficient (Wildman–Crippen LogP) is 3.28. The van der Waals surface area contributed by atoms with Crippen LogP contribution < -0.4 is 0 Å². The van der Waals surface area contributed by atoms with Crippen molar-refractivity contribution in [2.75, 3.05) is 13.1 Å². The Labute approximate surface area is 193 Å². The summed E-state index contributed by atoms with van der Waals surface area (Å²) in [5.41, 5.74) is -3.17. The summed E-state index contributed by atoms with van der Waals surface area (Å²) < 4.78 is 80.5. The molecule has 184 valence electrons. The number of hydrogen-bond donors (Lipinski definition) is 1. The first-order chi connectivity index (χ1) is 16.3. The second kappa shape index (κ2) is 8.76. The summed E-state index contributed by atoms with van der Waals surface area (Å²) >= 11 is 0. The topological polar surface area (TPSA) is 97.0 Å². The molecule has 1 aromatic carbocycles. The Kier molecular flexibility index (Phi) is 6.09. The number of aryl methyl sites for hydroxylation is 1. The molecule has 4 rings (SSSR count). The van der Waals surface area contributed by atoms with Gasteiger partial charge < -0.3 is 10.0 Å². The Balaban J connectivity index is 1.79. The van der Waals surface area contributed by atoms with Crippen molar-refractivity contribution in [1.82, 2.24) is 29.6 Å². The van der Waals surface area contributed by atoms with E-state index in [1.807, 2.05) is 0 Å². The van der Waals surface area contributed by atoms with E-state index in [-0.39, 0.29) is 36.1 Å². The van der Waals surface area contributed by atoms with E-state index in [9.17, 15) is 36.2 Å². The molecule has 0 bridgehead atoms. The van der Waals surface area contributed by atoms with E-state index in [2.05, 4.69) is 20.1 Å². The fourth-order valence-electron chi connectivity index (χ4n) is 3.34. The van der Waals surface area contributed by atoms with E-state index in [4.69, 9.17) is 0 Å². The largest absolute Gasteiger partial charge is 0.416 e. The zero-order valence-electron chi connectivity index (χ0n) is 17.8. The molecule has 14 heteroatoms. The molecule has 0 unspecified atom stereocenters. The summed E-state index contributed by atoms with van der Waals surface area (Å²) in [7, 11) is 0. The number of aliphatic hydroxyl groups is 1. The van der Waals surface area contributed by atoms with Gasteiger partial charge >= 0.3 is 12.4 Å². The Bertz CT molecular complexity index is 1250. The molecule has 1 fully saturated rings. The lowest BCUT2D eigenvalue weighted by Crippen LogP contribution is -2.53. The predicted molar refractivity (Wildman–Crippen MR) is 109 cm³/mol. The molecular weight excluding hydrogens is 482 g/mol. The molecule has 1 amide bonds. The summed E-state index contributed by atoms with van der Waals surface area (Å²) in [5.74, 6) is -0.803. The molecule has 1 aliphatic rings. The third-order valence-corrected chi connectivity index (χ3v) is 5.15. The van der Waals surface area contributed by atoms with Gasteiger partial charge in [0.2, 0.25) is 0 Å². The van der Waals surface area contributed by atoms with Crippen molar-refractivity contribution in [2.24, 2.45) is 0 Å². The highest BCUT2D eigenvalue weighted by atomic mass is 19.4. The number of hydrogen-bond acceptors (Lipinski definition) is 6. The molecular formula is C21H16F6N6O2. The number of carbonyl (C=O) groups is 1. The van der Waals surface area contributed by atoms with Crippen LogP contribution in [0.2, 0.25) is 0 Å². The summed E-state index contributed by atoms with van der Waals surface area (Å²) in [6, 6.07) is 1.06. The number of β-amino-alcohol motifs (C(OH)–C–C–N with tert-alkyl or cyclic N) is 1. The van der Waals surface area contributed by atoms with Gasteiger partial charge in [-0.2, -0.15) is 26.3 Å². The number of rotatable bonds is 4. The first-order valence-electron chi connectivity index (χ1n) is 10.0. The molecule has 0 radical (unpaired) electrons. The zero-order chi connectivity index (χ0) is 25.5. The number of amides is 1. The normalized spacial score (nSPS) is 15.3. The Morgan fingerprint density at radius 2 is 1.60 bits per heavy atom. The lowest BCUT2D eigenvalue weighted by atomic mass is 10.0. The summed E-state index contributed by atoms with van der Waals surface area (Å²) in [6.45, 7) is 1.61. The highest BCUT2D eigenvalue weighted by molar-refractivity contribution is 6.23. The van der Waals surface area contributed by atoms with Crippen LogP contribution in [0.3, 0.4) is 0 Å². The van der Waals surface area contributed by atoms with E-state index in [0.717, 1.165) is 4.68 Å². The van der Waals surface area contributed by atoms with Crippen molar-refractivity contribution < 1.29 is 36.2 Å². The molecule has 0 spiro atoms. The second-order valence-corrected chi connectivity index (χ2v) is 7.76. The van der Waals surface area contributed by atoms with E-state index in [0.29, 0.717) is 12.1 Å². The van der Waals surface area contributed by atoms with Crippen molar-refractivity contribution >= 4 is 17.7 Å². The fourth-order valence-corrected chi connectivity index (χ4v) is 3.34. The minimum Gasteiger partial charge on any atom is -0.389 e. The lowest BCUT2D eigenvalue weighted by molar-refractivity contribution is -0.143. The first kappa shape index (κ1) is 24.3. The summed E-state index contributed by atoms with van der Waals surface area (Å²) in [4.78, 5) is 26.0. The maximum atomic E-state index is 13.2. The van der Waals surface area contributed by atoms with Crippen molar-refractivity contribution in [3.05, 3.63) is 59.4 Å². The number of carbonyl (C=O) groups excluding carboxylic acids is 1. The van der Waals surface area contributed by atoms with Crippen LogP contribution in [0.4, 0.5) is 26.3 Å². The van der Waals surface area contributed by atoms with Gasteiger partial charge in [0.25, 0.3) is 5.91 Å². The molecule has 1 N–H and O–H groups in total. The molecule has 35 heavy (non-hydrogen) atoms. The van der Waals surface area contributed by atoms with E-state index >= 15 is 0 Å². The van der Waals surface area contributed by atoms with E-state index in [1.165, 1.54) is 36.7 Å². The Morgan fingerprint density at radius 1 is 1.03 bits per heavy atom. The average molecular weight is 498 g/mol. The van der Waals surface area contributed by atoms with Crippen molar-refractivity contribution in [2.45, 2.75) is 25.4 Å². The van der Waals surface area contributed by atoms with Gasteiger partial charge in [-0.05, 0) is 25.1 Å². The van der Waals surface area contributed by atoms with Crippen molar-refractivity contribution in [3.8, 4) is 11.4 Å². The van der Waals surface area contributed by atoms with Gasteiger partial charge in [-0.15, -0.1) is 5.10 Å². The smallest absolute Gasteiger partial charge is 0.389 e. The van der Waals surface area contributed by atoms with Gasteiger partial charge in [-0.1, -0.05) is 0 Å². The fraction of sp³-hybridized carbons (Fsp3) is 0.286. The highest BCUT2D eigenvalue weighted by Crippen LogP contribution is 2.38. The highest BCUT2D eigenvalue weighted by Gasteiger charge is 2.37. The van der Waals surface area contributed by atoms with Crippen LogP contribution in [0.1, 0.15) is 22.5 Å². The number of halogens is 6. The number of nitrogens with zero attached hydrogens (tertiary/aromatic N) is 6. The number of likely N-dealkylation sites (tertiary alicyclic amines) is 1. The minimum atomic E-state index is -5.03. The standard InChI is InChI=1S/C21H16F6N6O2/c1-11-30-18(12-2-14(20(22,23)24)4-15(3-12)21(25,26)27)31-33(11)9-17(13-5-28-10-29-6-13)19(35)32-7-16(34)8-32/h2-6,9-10,16,34H,7-8H2,1H3/b17-9+. The SMILES string of the molecule is Cc1nc(-c2cc(C(F)(F)F)cc(C(F)(F)F)c2)nn1/C=C(/C(=O)N1CC(O)C1)c1cncnc1. The Hall–Kier alpha value is -3.81. The molecule has 0 aliphatic carbocycles. The summed E-state index contributed by atoms with van der Waals surface area (Å²) in [5, 5.41) is 13.5. The molecule has 2 aromatic heterocycles.